The Morgan fingerprint density at radius 2 is 1.82 bits per heavy atom. The van der Waals surface area contributed by atoms with Crippen LogP contribution in [0.3, 0.4) is 0 Å². The van der Waals surface area contributed by atoms with Gasteiger partial charge in [-0.15, -0.1) is 0 Å². The van der Waals surface area contributed by atoms with Crippen molar-refractivity contribution in [3.63, 3.8) is 0 Å². The Bertz CT molecular complexity index is 125. The molecule has 0 bridgehead atoms. The van der Waals surface area contributed by atoms with Crippen LogP contribution < -0.4 is 0 Å². The lowest BCUT2D eigenvalue weighted by atomic mass is 9.90. The summed E-state index contributed by atoms with van der Waals surface area (Å²) in [5.41, 5.74) is 1.25. The van der Waals surface area contributed by atoms with E-state index >= 15 is 0 Å². The minimum Gasteiger partial charge on any atom is -0.381 e. The number of rotatable bonds is 4. The van der Waals surface area contributed by atoms with E-state index in [9.17, 15) is 0 Å². The van der Waals surface area contributed by atoms with Gasteiger partial charge in [0.1, 0.15) is 0 Å². The first kappa shape index (κ1) is 10.5. The summed E-state index contributed by atoms with van der Waals surface area (Å²) in [4.78, 5) is 2.12. The quantitative estimate of drug-likeness (QED) is 0.603. The first-order valence-corrected chi connectivity index (χ1v) is 4.36. The molecule has 0 rings (SSSR count). The van der Waals surface area contributed by atoms with Crippen molar-refractivity contribution in [2.24, 2.45) is 11.8 Å². The molecular weight excluding hydrogens is 134 g/mol. The molecule has 0 amide bonds. The predicted octanol–water partition coefficient (Wildman–Crippen LogP) is 2.74. The molecule has 0 radical (unpaired) electrons. The smallest absolute Gasteiger partial charge is 0.00884 e. The lowest BCUT2D eigenvalue weighted by Gasteiger charge is -2.27. The van der Waals surface area contributed by atoms with Gasteiger partial charge in [0.15, 0.2) is 0 Å². The predicted molar refractivity (Wildman–Crippen MR) is 51.4 cm³/mol. The molecule has 0 aromatic carbocycles. The van der Waals surface area contributed by atoms with Gasteiger partial charge >= 0.3 is 0 Å². The molecule has 0 heterocycles. The van der Waals surface area contributed by atoms with Gasteiger partial charge in [0.2, 0.25) is 0 Å². The lowest BCUT2D eigenvalue weighted by molar-refractivity contribution is 0.339. The molecule has 0 aliphatic carbocycles. The van der Waals surface area contributed by atoms with Gasteiger partial charge in [0, 0.05) is 25.7 Å². The van der Waals surface area contributed by atoms with Crippen molar-refractivity contribution in [3.8, 4) is 0 Å². The molecule has 0 aromatic rings. The highest BCUT2D eigenvalue weighted by atomic mass is 15.1. The Hall–Kier alpha value is -0.460. The summed E-state index contributed by atoms with van der Waals surface area (Å²) < 4.78 is 0. The zero-order valence-corrected chi connectivity index (χ0v) is 8.52. The monoisotopic (exact) mass is 155 g/mol. The number of hydrogen-bond acceptors (Lipinski definition) is 1. The summed E-state index contributed by atoms with van der Waals surface area (Å²) in [7, 11) is 4.13. The normalized spacial score (nSPS) is 13.3. The molecular formula is C10H21N. The van der Waals surface area contributed by atoms with Crippen LogP contribution in [0, 0.1) is 11.8 Å². The van der Waals surface area contributed by atoms with Crippen LogP contribution in [0.4, 0.5) is 0 Å². The fraction of sp³-hybridized carbons (Fsp3) is 0.800. The van der Waals surface area contributed by atoms with Crippen LogP contribution in [0.1, 0.15) is 27.2 Å². The van der Waals surface area contributed by atoms with Crippen LogP contribution in [0.2, 0.25) is 0 Å². The largest absolute Gasteiger partial charge is 0.381 e. The summed E-state index contributed by atoms with van der Waals surface area (Å²) in [6, 6.07) is 0. The Morgan fingerprint density at radius 3 is 1.91 bits per heavy atom. The highest BCUT2D eigenvalue weighted by Crippen LogP contribution is 2.23. The second-order valence-electron chi connectivity index (χ2n) is 3.64. The van der Waals surface area contributed by atoms with Crippen molar-refractivity contribution < 1.29 is 0 Å². The van der Waals surface area contributed by atoms with E-state index in [1.54, 1.807) is 0 Å². The fourth-order valence-electron chi connectivity index (χ4n) is 1.42. The molecule has 1 nitrogen and oxygen atoms in total. The van der Waals surface area contributed by atoms with Crippen LogP contribution in [0.15, 0.2) is 12.3 Å². The Balaban J connectivity index is 4.15. The van der Waals surface area contributed by atoms with E-state index in [2.05, 4.69) is 46.3 Å². The number of allylic oxidation sites excluding steroid dienone is 1. The highest BCUT2D eigenvalue weighted by Gasteiger charge is 2.15. The van der Waals surface area contributed by atoms with Crippen molar-refractivity contribution in [1.82, 2.24) is 4.90 Å². The van der Waals surface area contributed by atoms with Gasteiger partial charge in [-0.1, -0.05) is 27.4 Å². The van der Waals surface area contributed by atoms with Crippen LogP contribution in [0.5, 0.6) is 0 Å². The van der Waals surface area contributed by atoms with Crippen molar-refractivity contribution in [2.45, 2.75) is 27.2 Å². The molecule has 66 valence electrons. The Kier molecular flexibility index (Phi) is 4.24. The Morgan fingerprint density at radius 1 is 1.36 bits per heavy atom. The lowest BCUT2D eigenvalue weighted by Crippen LogP contribution is -2.21. The molecule has 0 spiro atoms. The SMILES string of the molecule is C=C(C(CC)C(C)C)N(C)C. The molecule has 0 saturated carbocycles. The van der Waals surface area contributed by atoms with Gasteiger partial charge in [-0.2, -0.15) is 0 Å². The second kappa shape index (κ2) is 4.42. The molecule has 0 fully saturated rings. The van der Waals surface area contributed by atoms with Crippen LogP contribution in [0.25, 0.3) is 0 Å². The van der Waals surface area contributed by atoms with Crippen molar-refractivity contribution in [1.29, 1.82) is 0 Å². The molecule has 1 atom stereocenters. The minimum atomic E-state index is 0.644. The zero-order chi connectivity index (χ0) is 9.02. The average Bonchev–Trinajstić information content (AvgIpc) is 1.88. The van der Waals surface area contributed by atoms with Crippen molar-refractivity contribution in [2.75, 3.05) is 14.1 Å². The standard InChI is InChI=1S/C10H21N/c1-7-10(8(2)3)9(4)11(5)6/h8,10H,4,7H2,1-3,5-6H3. The fourth-order valence-corrected chi connectivity index (χ4v) is 1.42. The van der Waals surface area contributed by atoms with E-state index in [4.69, 9.17) is 0 Å². The van der Waals surface area contributed by atoms with E-state index in [1.165, 1.54) is 12.1 Å². The summed E-state index contributed by atoms with van der Waals surface area (Å²) in [6.45, 7) is 10.8. The van der Waals surface area contributed by atoms with Gasteiger partial charge < -0.3 is 4.90 Å². The number of nitrogens with zero attached hydrogens (tertiary/aromatic N) is 1. The average molecular weight is 155 g/mol. The molecule has 0 aliphatic heterocycles. The van der Waals surface area contributed by atoms with Crippen molar-refractivity contribution >= 4 is 0 Å². The third-order valence-corrected chi connectivity index (χ3v) is 2.25. The number of hydrogen-bond donors (Lipinski definition) is 0. The molecule has 0 saturated heterocycles. The zero-order valence-electron chi connectivity index (χ0n) is 8.52. The summed E-state index contributed by atoms with van der Waals surface area (Å²) in [5, 5.41) is 0. The van der Waals surface area contributed by atoms with E-state index in [-0.39, 0.29) is 0 Å². The molecule has 0 aliphatic rings. The highest BCUT2D eigenvalue weighted by molar-refractivity contribution is 4.98. The third-order valence-electron chi connectivity index (χ3n) is 2.25. The van der Waals surface area contributed by atoms with Crippen LogP contribution in [-0.2, 0) is 0 Å². The molecule has 0 aromatic heterocycles. The second-order valence-corrected chi connectivity index (χ2v) is 3.64. The topological polar surface area (TPSA) is 3.24 Å². The summed E-state index contributed by atoms with van der Waals surface area (Å²) in [5.74, 6) is 1.35. The molecule has 11 heavy (non-hydrogen) atoms. The maximum atomic E-state index is 4.07. The van der Waals surface area contributed by atoms with E-state index in [1.807, 2.05) is 0 Å². The third kappa shape index (κ3) is 2.96. The van der Waals surface area contributed by atoms with E-state index in [0.29, 0.717) is 11.8 Å². The van der Waals surface area contributed by atoms with Gasteiger partial charge in [0.25, 0.3) is 0 Å². The molecule has 1 unspecified atom stereocenters. The van der Waals surface area contributed by atoms with Gasteiger partial charge in [-0.05, 0) is 12.3 Å². The van der Waals surface area contributed by atoms with Gasteiger partial charge in [0.05, 0.1) is 0 Å². The van der Waals surface area contributed by atoms with Crippen molar-refractivity contribution in [3.05, 3.63) is 12.3 Å². The first-order valence-electron chi connectivity index (χ1n) is 4.36. The van der Waals surface area contributed by atoms with E-state index < -0.39 is 0 Å². The van der Waals surface area contributed by atoms with Crippen LogP contribution in [-0.4, -0.2) is 19.0 Å². The summed E-state index contributed by atoms with van der Waals surface area (Å²) >= 11 is 0. The summed E-state index contributed by atoms with van der Waals surface area (Å²) in [6.07, 6.45) is 1.19. The Labute approximate surface area is 71.1 Å². The van der Waals surface area contributed by atoms with Gasteiger partial charge in [-0.25, -0.2) is 0 Å². The minimum absolute atomic E-state index is 0.644. The van der Waals surface area contributed by atoms with Gasteiger partial charge in [-0.3, -0.25) is 0 Å². The molecule has 1 heteroatoms. The van der Waals surface area contributed by atoms with E-state index in [0.717, 1.165) is 0 Å². The van der Waals surface area contributed by atoms with Crippen LogP contribution >= 0.6 is 0 Å². The first-order chi connectivity index (χ1) is 5.00. The maximum Gasteiger partial charge on any atom is 0.00884 e. The maximum absolute atomic E-state index is 4.07. The molecule has 0 N–H and O–H groups in total.